The van der Waals surface area contributed by atoms with Gasteiger partial charge in [0.1, 0.15) is 5.57 Å². The molecule has 0 saturated carbocycles. The fraction of sp³-hybridized carbons (Fsp3) is 0.292. The van der Waals surface area contributed by atoms with Crippen molar-refractivity contribution in [2.45, 2.75) is 34.1 Å². The fourth-order valence-electron chi connectivity index (χ4n) is 3.28. The fourth-order valence-corrected chi connectivity index (χ4v) is 4.06. The second-order valence-corrected chi connectivity index (χ2v) is 8.52. The van der Waals surface area contributed by atoms with Crippen LogP contribution in [0.1, 0.15) is 37.0 Å². The minimum atomic E-state index is -0.765. The molecule has 168 valence electrons. The zero-order valence-corrected chi connectivity index (χ0v) is 20.6. The normalized spacial score (nSPS) is 15.2. The van der Waals surface area contributed by atoms with Gasteiger partial charge >= 0.3 is 6.03 Å². The third-order valence-corrected chi connectivity index (χ3v) is 5.60. The molecule has 7 nitrogen and oxygen atoms in total. The molecule has 3 rings (SSSR count). The van der Waals surface area contributed by atoms with E-state index in [0.717, 1.165) is 26.0 Å². The zero-order chi connectivity index (χ0) is 23.4. The number of anilines is 1. The number of hydrogen-bond acceptors (Lipinski definition) is 5. The van der Waals surface area contributed by atoms with Gasteiger partial charge in [0.15, 0.2) is 11.5 Å². The van der Waals surface area contributed by atoms with Crippen molar-refractivity contribution in [3.05, 3.63) is 56.2 Å². The minimum Gasteiger partial charge on any atom is -0.490 e. The molecule has 1 N–H and O–H groups in total. The Morgan fingerprint density at radius 2 is 1.81 bits per heavy atom. The average molecular weight is 548 g/mol. The van der Waals surface area contributed by atoms with Gasteiger partial charge < -0.3 is 9.47 Å². The van der Waals surface area contributed by atoms with Crippen molar-refractivity contribution in [1.29, 1.82) is 0 Å². The smallest absolute Gasteiger partial charge is 0.335 e. The summed E-state index contributed by atoms with van der Waals surface area (Å²) in [5, 5.41) is 2.27. The summed E-state index contributed by atoms with van der Waals surface area (Å²) in [6, 6.07) is 8.24. The number of ether oxygens (including phenoxy) is 2. The average Bonchev–Trinajstić information content (AvgIpc) is 2.73. The van der Waals surface area contributed by atoms with Crippen LogP contribution in [0.3, 0.4) is 0 Å². The maximum absolute atomic E-state index is 13.2. The van der Waals surface area contributed by atoms with Crippen LogP contribution in [0.2, 0.25) is 0 Å². The van der Waals surface area contributed by atoms with Gasteiger partial charge in [0, 0.05) is 0 Å². The van der Waals surface area contributed by atoms with E-state index in [1.54, 1.807) is 25.1 Å². The van der Waals surface area contributed by atoms with E-state index in [0.29, 0.717) is 36.0 Å². The highest BCUT2D eigenvalue weighted by atomic mass is 127. The van der Waals surface area contributed by atoms with Crippen LogP contribution < -0.4 is 19.7 Å². The van der Waals surface area contributed by atoms with Crippen molar-refractivity contribution in [2.75, 3.05) is 18.1 Å². The second-order valence-electron chi connectivity index (χ2n) is 7.36. The van der Waals surface area contributed by atoms with E-state index in [2.05, 4.69) is 27.9 Å². The predicted molar refractivity (Wildman–Crippen MR) is 131 cm³/mol. The Morgan fingerprint density at radius 3 is 2.50 bits per heavy atom. The highest BCUT2D eigenvalue weighted by molar-refractivity contribution is 14.1. The molecular weight excluding hydrogens is 523 g/mol. The summed E-state index contributed by atoms with van der Waals surface area (Å²) in [4.78, 5) is 39.3. The molecular formula is C24H25IN2O5. The minimum absolute atomic E-state index is 0.133. The van der Waals surface area contributed by atoms with Crippen LogP contribution in [0.15, 0.2) is 35.9 Å². The molecule has 0 aromatic heterocycles. The molecule has 1 aliphatic rings. The Labute approximate surface area is 200 Å². The van der Waals surface area contributed by atoms with Gasteiger partial charge in [-0.1, -0.05) is 19.1 Å². The van der Waals surface area contributed by atoms with E-state index in [9.17, 15) is 14.4 Å². The van der Waals surface area contributed by atoms with Crippen molar-refractivity contribution < 1.29 is 23.9 Å². The lowest BCUT2D eigenvalue weighted by Crippen LogP contribution is -2.54. The van der Waals surface area contributed by atoms with Gasteiger partial charge in [0.05, 0.1) is 22.5 Å². The van der Waals surface area contributed by atoms with E-state index in [1.807, 2.05) is 32.9 Å². The number of halogens is 1. The molecule has 0 aliphatic carbocycles. The van der Waals surface area contributed by atoms with Gasteiger partial charge in [-0.3, -0.25) is 14.9 Å². The van der Waals surface area contributed by atoms with E-state index >= 15 is 0 Å². The molecule has 0 atom stereocenters. The summed E-state index contributed by atoms with van der Waals surface area (Å²) in [5.74, 6) is -0.249. The van der Waals surface area contributed by atoms with Crippen LogP contribution in [0, 0.1) is 17.4 Å². The van der Waals surface area contributed by atoms with Crippen LogP contribution in [0.4, 0.5) is 10.5 Å². The predicted octanol–water partition coefficient (Wildman–Crippen LogP) is 4.76. The Morgan fingerprint density at radius 1 is 1.06 bits per heavy atom. The number of rotatable bonds is 7. The molecule has 0 radical (unpaired) electrons. The monoisotopic (exact) mass is 548 g/mol. The van der Waals surface area contributed by atoms with E-state index in [1.165, 1.54) is 6.08 Å². The second kappa shape index (κ2) is 10.2. The van der Waals surface area contributed by atoms with Crippen molar-refractivity contribution >= 4 is 52.2 Å². The lowest BCUT2D eigenvalue weighted by atomic mass is 10.0. The number of benzene rings is 2. The quantitative estimate of drug-likeness (QED) is 0.307. The van der Waals surface area contributed by atoms with Gasteiger partial charge in [0.25, 0.3) is 11.8 Å². The molecule has 2 aromatic rings. The summed E-state index contributed by atoms with van der Waals surface area (Å²) < 4.78 is 12.3. The number of urea groups is 1. The first-order chi connectivity index (χ1) is 15.3. The molecule has 8 heteroatoms. The van der Waals surface area contributed by atoms with E-state index in [-0.39, 0.29) is 5.57 Å². The lowest BCUT2D eigenvalue weighted by molar-refractivity contribution is -0.122. The molecule has 32 heavy (non-hydrogen) atoms. The summed E-state index contributed by atoms with van der Waals surface area (Å²) >= 11 is 2.14. The largest absolute Gasteiger partial charge is 0.490 e. The highest BCUT2D eigenvalue weighted by Gasteiger charge is 2.37. The van der Waals surface area contributed by atoms with Crippen LogP contribution >= 0.6 is 22.6 Å². The Balaban J connectivity index is 2.05. The molecule has 0 spiro atoms. The topological polar surface area (TPSA) is 84.9 Å². The first-order valence-electron chi connectivity index (χ1n) is 10.3. The summed E-state index contributed by atoms with van der Waals surface area (Å²) in [5.41, 5.74) is 2.55. The first kappa shape index (κ1) is 23.8. The van der Waals surface area contributed by atoms with Crippen molar-refractivity contribution in [1.82, 2.24) is 5.32 Å². The third kappa shape index (κ3) is 4.95. The Bertz CT molecular complexity index is 1110. The van der Waals surface area contributed by atoms with Crippen LogP contribution in [0.5, 0.6) is 11.5 Å². The van der Waals surface area contributed by atoms with Gasteiger partial charge in [-0.2, -0.15) is 0 Å². The number of nitrogens with zero attached hydrogens (tertiary/aromatic N) is 1. The van der Waals surface area contributed by atoms with Crippen molar-refractivity contribution in [3.63, 3.8) is 0 Å². The lowest BCUT2D eigenvalue weighted by Gasteiger charge is -2.28. The van der Waals surface area contributed by atoms with Gasteiger partial charge in [-0.15, -0.1) is 0 Å². The number of carbonyl (C=O) groups excluding carboxylic acids is 3. The summed E-state index contributed by atoms with van der Waals surface area (Å²) in [6.45, 7) is 8.55. The standard InChI is InChI=1S/C24H25IN2O5/c1-5-9-32-21-18(25)12-16(13-20(21)31-6-2)11-17-22(28)26-24(30)27(23(17)29)19-10-14(3)7-8-15(19)4/h7-8,10-13H,5-6,9H2,1-4H3,(H,26,28,30)/b17-11+. The number of barbiturate groups is 1. The number of amides is 4. The number of imide groups is 2. The van der Waals surface area contributed by atoms with Crippen LogP contribution in [0.25, 0.3) is 6.08 Å². The molecule has 2 aromatic carbocycles. The molecule has 4 amide bonds. The molecule has 1 fully saturated rings. The SMILES string of the molecule is CCCOc1c(I)cc(/C=C2\C(=O)NC(=O)N(c3cc(C)ccc3C)C2=O)cc1OCC. The maximum atomic E-state index is 13.2. The van der Waals surface area contributed by atoms with Crippen LogP contribution in [-0.4, -0.2) is 31.1 Å². The molecule has 1 saturated heterocycles. The van der Waals surface area contributed by atoms with Gasteiger partial charge in [-0.05, 0) is 90.7 Å². The van der Waals surface area contributed by atoms with Crippen LogP contribution in [-0.2, 0) is 9.59 Å². The first-order valence-corrected chi connectivity index (χ1v) is 11.4. The molecule has 1 aliphatic heterocycles. The Hall–Kier alpha value is -2.88. The van der Waals surface area contributed by atoms with E-state index < -0.39 is 17.8 Å². The Kier molecular flexibility index (Phi) is 7.55. The molecule has 0 bridgehead atoms. The number of carbonyl (C=O) groups is 3. The summed E-state index contributed by atoms with van der Waals surface area (Å²) in [7, 11) is 0. The highest BCUT2D eigenvalue weighted by Crippen LogP contribution is 2.35. The van der Waals surface area contributed by atoms with E-state index in [4.69, 9.17) is 9.47 Å². The van der Waals surface area contributed by atoms with Crippen molar-refractivity contribution in [2.24, 2.45) is 0 Å². The number of nitrogens with one attached hydrogen (secondary N) is 1. The number of aryl methyl sites for hydroxylation is 2. The van der Waals surface area contributed by atoms with Gasteiger partial charge in [-0.25, -0.2) is 9.69 Å². The van der Waals surface area contributed by atoms with Crippen molar-refractivity contribution in [3.8, 4) is 11.5 Å². The number of hydrogen-bond donors (Lipinski definition) is 1. The summed E-state index contributed by atoms with van der Waals surface area (Å²) in [6.07, 6.45) is 2.32. The zero-order valence-electron chi connectivity index (χ0n) is 18.5. The molecule has 1 heterocycles. The molecule has 0 unspecified atom stereocenters. The van der Waals surface area contributed by atoms with Gasteiger partial charge in [0.2, 0.25) is 0 Å². The third-order valence-electron chi connectivity index (χ3n) is 4.80. The maximum Gasteiger partial charge on any atom is 0.335 e.